The first-order chi connectivity index (χ1) is 13.0. The third-order valence-electron chi connectivity index (χ3n) is 4.19. The average Bonchev–Trinajstić information content (AvgIpc) is 2.65. The first-order valence-electron chi connectivity index (χ1n) is 8.24. The zero-order valence-corrected chi connectivity index (χ0v) is 14.6. The minimum Gasteiger partial charge on any atom is -0.494 e. The lowest BCUT2D eigenvalue weighted by Gasteiger charge is -2.34. The maximum absolute atomic E-state index is 13.8. The molecule has 0 aromatic heterocycles. The van der Waals surface area contributed by atoms with Gasteiger partial charge in [0.15, 0.2) is 11.6 Å². The molecule has 1 atom stereocenters. The summed E-state index contributed by atoms with van der Waals surface area (Å²) in [6.07, 6.45) is 0. The summed E-state index contributed by atoms with van der Waals surface area (Å²) in [5, 5.41) is 2.58. The number of amides is 2. The van der Waals surface area contributed by atoms with Gasteiger partial charge >= 0.3 is 0 Å². The smallest absolute Gasteiger partial charge is 0.249 e. The summed E-state index contributed by atoms with van der Waals surface area (Å²) in [5.74, 6) is -1.80. The maximum Gasteiger partial charge on any atom is 0.249 e. The molecule has 27 heavy (non-hydrogen) atoms. The highest BCUT2D eigenvalue weighted by Gasteiger charge is 2.34. The van der Waals surface area contributed by atoms with Crippen molar-refractivity contribution >= 4 is 17.5 Å². The number of rotatable bonds is 5. The third-order valence-corrected chi connectivity index (χ3v) is 4.19. The van der Waals surface area contributed by atoms with Crippen LogP contribution in [0.5, 0.6) is 5.75 Å². The Kier molecular flexibility index (Phi) is 5.66. The van der Waals surface area contributed by atoms with Gasteiger partial charge in [-0.2, -0.15) is 0 Å². The van der Waals surface area contributed by atoms with Gasteiger partial charge in [-0.3, -0.25) is 9.59 Å². The van der Waals surface area contributed by atoms with Gasteiger partial charge in [0.1, 0.15) is 18.5 Å². The van der Waals surface area contributed by atoms with Crippen LogP contribution in [0.3, 0.4) is 0 Å². The Balaban J connectivity index is 1.75. The summed E-state index contributed by atoms with van der Waals surface area (Å²) >= 11 is 0. The predicted octanol–water partition coefficient (Wildman–Crippen LogP) is 2.34. The number of carbonyl (C=O) groups is 2. The minimum atomic E-state index is -0.888. The molecule has 1 N–H and O–H groups in total. The molecule has 0 unspecified atom stereocenters. The van der Waals surface area contributed by atoms with Gasteiger partial charge in [-0.25, -0.2) is 8.78 Å². The van der Waals surface area contributed by atoms with E-state index in [2.05, 4.69) is 5.32 Å². The van der Waals surface area contributed by atoms with Crippen LogP contribution in [-0.2, 0) is 20.9 Å². The van der Waals surface area contributed by atoms with Crippen LogP contribution in [0.1, 0.15) is 5.56 Å². The second kappa shape index (κ2) is 8.13. The van der Waals surface area contributed by atoms with Crippen LogP contribution in [0.4, 0.5) is 14.5 Å². The molecule has 0 bridgehead atoms. The van der Waals surface area contributed by atoms with Crippen LogP contribution in [0.2, 0.25) is 0 Å². The molecule has 2 aromatic rings. The van der Waals surface area contributed by atoms with Crippen molar-refractivity contribution in [1.82, 2.24) is 4.90 Å². The number of carbonyl (C=O) groups excluding carboxylic acids is 2. The summed E-state index contributed by atoms with van der Waals surface area (Å²) in [7, 11) is 1.34. The van der Waals surface area contributed by atoms with E-state index in [1.165, 1.54) is 36.3 Å². The van der Waals surface area contributed by atoms with Crippen molar-refractivity contribution in [2.24, 2.45) is 0 Å². The molecule has 2 amide bonds. The molecular formula is C19H18F2N2O4. The molecule has 1 saturated heterocycles. The molecule has 142 valence electrons. The highest BCUT2D eigenvalue weighted by atomic mass is 19.1. The Morgan fingerprint density at radius 1 is 1.26 bits per heavy atom. The number of ether oxygens (including phenoxy) is 2. The van der Waals surface area contributed by atoms with Crippen LogP contribution in [0.15, 0.2) is 42.5 Å². The van der Waals surface area contributed by atoms with Gasteiger partial charge in [0.2, 0.25) is 11.8 Å². The van der Waals surface area contributed by atoms with Gasteiger partial charge < -0.3 is 19.7 Å². The molecule has 0 aliphatic carbocycles. The van der Waals surface area contributed by atoms with Crippen molar-refractivity contribution in [3.63, 3.8) is 0 Å². The second-order valence-electron chi connectivity index (χ2n) is 6.02. The highest BCUT2D eigenvalue weighted by Crippen LogP contribution is 2.22. The summed E-state index contributed by atoms with van der Waals surface area (Å²) in [6, 6.07) is 8.80. The Bertz CT molecular complexity index is 842. The van der Waals surface area contributed by atoms with E-state index in [1.807, 2.05) is 0 Å². The van der Waals surface area contributed by atoms with E-state index in [0.29, 0.717) is 5.56 Å². The summed E-state index contributed by atoms with van der Waals surface area (Å²) in [4.78, 5) is 26.2. The van der Waals surface area contributed by atoms with E-state index in [0.717, 1.165) is 6.07 Å². The van der Waals surface area contributed by atoms with Crippen molar-refractivity contribution in [2.45, 2.75) is 12.6 Å². The Morgan fingerprint density at radius 2 is 2.00 bits per heavy atom. The summed E-state index contributed by atoms with van der Waals surface area (Å²) < 4.78 is 36.9. The number of anilines is 1. The van der Waals surface area contributed by atoms with E-state index in [4.69, 9.17) is 9.47 Å². The standard InChI is InChI=1S/C19H18F2N2O4/c1-26-17-7-6-14(8-15(17)21)22-19(25)16-10-27-11-18(24)23(16)9-12-2-4-13(20)5-3-12/h2-8,16H,9-11H2,1H3,(H,22,25)/t16-/m0/s1. The molecule has 0 spiro atoms. The number of hydrogen-bond donors (Lipinski definition) is 1. The number of halogens is 2. The molecule has 1 aliphatic heterocycles. The van der Waals surface area contributed by atoms with E-state index >= 15 is 0 Å². The number of nitrogens with one attached hydrogen (secondary N) is 1. The predicted molar refractivity (Wildman–Crippen MR) is 93.1 cm³/mol. The third kappa shape index (κ3) is 4.40. The van der Waals surface area contributed by atoms with E-state index in [9.17, 15) is 18.4 Å². The maximum atomic E-state index is 13.8. The molecule has 1 aliphatic rings. The zero-order chi connectivity index (χ0) is 19.4. The Labute approximate surface area is 154 Å². The van der Waals surface area contributed by atoms with Gasteiger partial charge in [0.05, 0.1) is 13.7 Å². The molecule has 0 saturated carbocycles. The van der Waals surface area contributed by atoms with Crippen LogP contribution >= 0.6 is 0 Å². The number of benzene rings is 2. The average molecular weight is 376 g/mol. The minimum absolute atomic E-state index is 0.0113. The van der Waals surface area contributed by atoms with E-state index < -0.39 is 17.8 Å². The quantitative estimate of drug-likeness (QED) is 0.870. The normalized spacial score (nSPS) is 16.9. The molecular weight excluding hydrogens is 358 g/mol. The lowest BCUT2D eigenvalue weighted by molar-refractivity contribution is -0.154. The van der Waals surface area contributed by atoms with Crippen molar-refractivity contribution in [3.8, 4) is 5.75 Å². The van der Waals surface area contributed by atoms with Crippen molar-refractivity contribution < 1.29 is 27.8 Å². The molecule has 3 rings (SSSR count). The SMILES string of the molecule is COc1ccc(NC(=O)[C@@H]2COCC(=O)N2Cc2ccc(F)cc2)cc1F. The Morgan fingerprint density at radius 3 is 2.67 bits per heavy atom. The van der Waals surface area contributed by atoms with Gasteiger partial charge in [-0.15, -0.1) is 0 Å². The molecule has 6 nitrogen and oxygen atoms in total. The first-order valence-corrected chi connectivity index (χ1v) is 8.24. The molecule has 0 radical (unpaired) electrons. The molecule has 2 aromatic carbocycles. The number of methoxy groups -OCH3 is 1. The van der Waals surface area contributed by atoms with Crippen molar-refractivity contribution in [2.75, 3.05) is 25.6 Å². The van der Waals surface area contributed by atoms with E-state index in [-0.39, 0.29) is 42.9 Å². The fraction of sp³-hybridized carbons (Fsp3) is 0.263. The van der Waals surface area contributed by atoms with Gasteiger partial charge in [0.25, 0.3) is 0 Å². The molecule has 1 fully saturated rings. The largest absolute Gasteiger partial charge is 0.494 e. The number of morpholine rings is 1. The topological polar surface area (TPSA) is 67.9 Å². The highest BCUT2D eigenvalue weighted by molar-refractivity contribution is 5.98. The van der Waals surface area contributed by atoms with Crippen LogP contribution in [0.25, 0.3) is 0 Å². The van der Waals surface area contributed by atoms with Crippen LogP contribution in [-0.4, -0.2) is 43.1 Å². The van der Waals surface area contributed by atoms with Gasteiger partial charge in [-0.05, 0) is 29.8 Å². The van der Waals surface area contributed by atoms with Gasteiger partial charge in [-0.1, -0.05) is 12.1 Å². The van der Waals surface area contributed by atoms with E-state index in [1.54, 1.807) is 12.1 Å². The number of nitrogens with zero attached hydrogens (tertiary/aromatic N) is 1. The fourth-order valence-electron chi connectivity index (χ4n) is 2.78. The Hall–Kier alpha value is -3.00. The molecule has 8 heteroatoms. The molecule has 1 heterocycles. The van der Waals surface area contributed by atoms with Crippen molar-refractivity contribution in [1.29, 1.82) is 0 Å². The van der Waals surface area contributed by atoms with Crippen LogP contribution < -0.4 is 10.1 Å². The summed E-state index contributed by atoms with van der Waals surface area (Å²) in [6.45, 7) is 0.0110. The summed E-state index contributed by atoms with van der Waals surface area (Å²) in [5.41, 5.74) is 0.915. The first kappa shape index (κ1) is 18.8. The lowest BCUT2D eigenvalue weighted by Crippen LogP contribution is -2.54. The van der Waals surface area contributed by atoms with Crippen molar-refractivity contribution in [3.05, 3.63) is 59.7 Å². The fourth-order valence-corrected chi connectivity index (χ4v) is 2.78. The zero-order valence-electron chi connectivity index (χ0n) is 14.6. The number of hydrogen-bond acceptors (Lipinski definition) is 4. The van der Waals surface area contributed by atoms with Gasteiger partial charge in [0, 0.05) is 18.3 Å². The lowest BCUT2D eigenvalue weighted by atomic mass is 10.1. The monoisotopic (exact) mass is 376 g/mol. The second-order valence-corrected chi connectivity index (χ2v) is 6.02. The van der Waals surface area contributed by atoms with Crippen LogP contribution in [0, 0.1) is 11.6 Å².